The van der Waals surface area contributed by atoms with E-state index in [-0.39, 0.29) is 5.56 Å². The second kappa shape index (κ2) is 3.79. The summed E-state index contributed by atoms with van der Waals surface area (Å²) < 4.78 is 0. The van der Waals surface area contributed by atoms with E-state index in [2.05, 4.69) is 22.3 Å². The number of fused-ring (bicyclic) bond motifs is 3. The third-order valence-corrected chi connectivity index (χ3v) is 3.73. The van der Waals surface area contributed by atoms with Gasteiger partial charge in [0.05, 0.1) is 5.69 Å². The van der Waals surface area contributed by atoms with Gasteiger partial charge >= 0.3 is 0 Å². The molecule has 0 unspecified atom stereocenters. The summed E-state index contributed by atoms with van der Waals surface area (Å²) >= 11 is 1.82. The Kier molecular flexibility index (Phi) is 2.29. The van der Waals surface area contributed by atoms with E-state index in [9.17, 15) is 4.79 Å². The van der Waals surface area contributed by atoms with Gasteiger partial charge in [-0.05, 0) is 18.1 Å². The van der Waals surface area contributed by atoms with Gasteiger partial charge in [-0.1, -0.05) is 18.2 Å². The van der Waals surface area contributed by atoms with E-state index >= 15 is 0 Å². The lowest BCUT2D eigenvalue weighted by Crippen LogP contribution is -2.10. The maximum Gasteiger partial charge on any atom is 0.264 e. The molecule has 1 aromatic heterocycles. The summed E-state index contributed by atoms with van der Waals surface area (Å²) in [6.07, 6.45) is 0.894. The minimum atomic E-state index is -0.122. The minimum Gasteiger partial charge on any atom is -0.268 e. The first-order chi connectivity index (χ1) is 7.84. The first kappa shape index (κ1) is 9.66. The molecule has 4 heteroatoms. The third-order valence-electron chi connectivity index (χ3n) is 2.66. The number of nitrogens with zero attached hydrogens (tertiary/aromatic N) is 1. The number of aromatic nitrogens is 2. The SMILES string of the molecule is O=c1cc2c(n[nH]1)-c1ccccc1SCC2. The van der Waals surface area contributed by atoms with Crippen molar-refractivity contribution >= 4 is 11.8 Å². The van der Waals surface area contributed by atoms with E-state index in [1.54, 1.807) is 6.07 Å². The van der Waals surface area contributed by atoms with E-state index < -0.39 is 0 Å². The van der Waals surface area contributed by atoms with Crippen LogP contribution >= 0.6 is 11.8 Å². The number of thioether (sulfide) groups is 1. The number of hydrogen-bond acceptors (Lipinski definition) is 3. The Balaban J connectivity index is 2.29. The fraction of sp³-hybridized carbons (Fsp3) is 0.167. The maximum absolute atomic E-state index is 11.2. The van der Waals surface area contributed by atoms with Crippen LogP contribution in [0.2, 0.25) is 0 Å². The molecule has 2 aromatic rings. The minimum absolute atomic E-state index is 0.122. The molecule has 2 heterocycles. The molecule has 0 fully saturated rings. The van der Waals surface area contributed by atoms with Crippen LogP contribution in [0.15, 0.2) is 40.0 Å². The molecule has 1 aliphatic rings. The van der Waals surface area contributed by atoms with Crippen LogP contribution in [0.5, 0.6) is 0 Å². The van der Waals surface area contributed by atoms with Crippen LogP contribution in [0.1, 0.15) is 5.56 Å². The zero-order chi connectivity index (χ0) is 11.0. The van der Waals surface area contributed by atoms with Crippen molar-refractivity contribution in [3.8, 4) is 11.3 Å². The highest BCUT2D eigenvalue weighted by atomic mass is 32.2. The maximum atomic E-state index is 11.2. The van der Waals surface area contributed by atoms with Crippen LogP contribution in [0, 0.1) is 0 Å². The first-order valence-corrected chi connectivity index (χ1v) is 6.14. The number of rotatable bonds is 0. The van der Waals surface area contributed by atoms with Gasteiger partial charge in [0.2, 0.25) is 0 Å². The van der Waals surface area contributed by atoms with Crippen molar-refractivity contribution in [1.82, 2.24) is 10.2 Å². The van der Waals surface area contributed by atoms with Gasteiger partial charge in [-0.15, -0.1) is 11.8 Å². The van der Waals surface area contributed by atoms with E-state index in [4.69, 9.17) is 0 Å². The van der Waals surface area contributed by atoms with E-state index in [1.165, 1.54) is 4.90 Å². The molecule has 80 valence electrons. The van der Waals surface area contributed by atoms with Gasteiger partial charge in [-0.25, -0.2) is 5.10 Å². The van der Waals surface area contributed by atoms with Gasteiger partial charge in [0.15, 0.2) is 0 Å². The second-order valence-electron chi connectivity index (χ2n) is 3.70. The highest BCUT2D eigenvalue weighted by Gasteiger charge is 2.15. The van der Waals surface area contributed by atoms with Gasteiger partial charge in [0.1, 0.15) is 0 Å². The summed E-state index contributed by atoms with van der Waals surface area (Å²) in [5.74, 6) is 0.995. The Morgan fingerprint density at radius 2 is 2.19 bits per heavy atom. The normalized spacial score (nSPS) is 13.8. The third kappa shape index (κ3) is 1.55. The lowest BCUT2D eigenvalue weighted by atomic mass is 10.1. The van der Waals surface area contributed by atoms with Crippen LogP contribution in [0.4, 0.5) is 0 Å². The largest absolute Gasteiger partial charge is 0.268 e. The Morgan fingerprint density at radius 1 is 1.31 bits per heavy atom. The summed E-state index contributed by atoms with van der Waals surface area (Å²) in [6, 6.07) is 9.84. The summed E-state index contributed by atoms with van der Waals surface area (Å²) in [4.78, 5) is 12.5. The molecule has 0 radical (unpaired) electrons. The predicted octanol–water partition coefficient (Wildman–Crippen LogP) is 2.09. The number of benzene rings is 1. The summed E-state index contributed by atoms with van der Waals surface area (Å²) in [7, 11) is 0. The zero-order valence-corrected chi connectivity index (χ0v) is 9.38. The average molecular weight is 230 g/mol. The topological polar surface area (TPSA) is 45.8 Å². The summed E-state index contributed by atoms with van der Waals surface area (Å²) in [5.41, 5.74) is 2.96. The number of aryl methyl sites for hydroxylation is 1. The van der Waals surface area contributed by atoms with Crippen LogP contribution in [-0.2, 0) is 6.42 Å². The smallest absolute Gasteiger partial charge is 0.264 e. The average Bonchev–Trinajstić information content (AvgIpc) is 2.47. The molecule has 1 aromatic carbocycles. The molecule has 0 spiro atoms. The quantitative estimate of drug-likeness (QED) is 0.753. The summed E-state index contributed by atoms with van der Waals surface area (Å²) in [6.45, 7) is 0. The Morgan fingerprint density at radius 3 is 3.12 bits per heavy atom. The fourth-order valence-electron chi connectivity index (χ4n) is 1.92. The molecule has 16 heavy (non-hydrogen) atoms. The van der Waals surface area contributed by atoms with Gasteiger partial charge < -0.3 is 0 Å². The van der Waals surface area contributed by atoms with Crippen molar-refractivity contribution < 1.29 is 0 Å². The van der Waals surface area contributed by atoms with Crippen molar-refractivity contribution in [2.45, 2.75) is 11.3 Å². The molecule has 0 bridgehead atoms. The lowest BCUT2D eigenvalue weighted by molar-refractivity contribution is 0.960. The number of aromatic amines is 1. The zero-order valence-electron chi connectivity index (χ0n) is 8.56. The van der Waals surface area contributed by atoms with Crippen molar-refractivity contribution in [3.05, 3.63) is 46.2 Å². The highest BCUT2D eigenvalue weighted by molar-refractivity contribution is 7.99. The van der Waals surface area contributed by atoms with Crippen molar-refractivity contribution in [3.63, 3.8) is 0 Å². The molecule has 0 saturated carbocycles. The van der Waals surface area contributed by atoms with Crippen molar-refractivity contribution in [2.24, 2.45) is 0 Å². The Bertz CT molecular complexity index is 592. The molecule has 0 atom stereocenters. The Labute approximate surface area is 96.9 Å². The van der Waals surface area contributed by atoms with E-state index in [0.717, 1.165) is 29.0 Å². The fourth-order valence-corrected chi connectivity index (χ4v) is 2.96. The van der Waals surface area contributed by atoms with Crippen LogP contribution in [0.25, 0.3) is 11.3 Å². The molecule has 0 saturated heterocycles. The number of nitrogens with one attached hydrogen (secondary N) is 1. The highest BCUT2D eigenvalue weighted by Crippen LogP contribution is 2.35. The van der Waals surface area contributed by atoms with Crippen molar-refractivity contribution in [2.75, 3.05) is 5.75 Å². The monoisotopic (exact) mass is 230 g/mol. The molecule has 3 nitrogen and oxygen atoms in total. The van der Waals surface area contributed by atoms with Crippen LogP contribution < -0.4 is 5.56 Å². The van der Waals surface area contributed by atoms with Gasteiger partial charge in [0.25, 0.3) is 5.56 Å². The van der Waals surface area contributed by atoms with Crippen LogP contribution in [0.3, 0.4) is 0 Å². The molecule has 0 aliphatic carbocycles. The summed E-state index contributed by atoms with van der Waals surface area (Å²) in [5, 5.41) is 6.68. The second-order valence-corrected chi connectivity index (χ2v) is 4.84. The molecular weight excluding hydrogens is 220 g/mol. The van der Waals surface area contributed by atoms with Gasteiger partial charge in [0, 0.05) is 22.3 Å². The molecule has 3 rings (SSSR count). The standard InChI is InChI=1S/C12H10N2OS/c15-11-7-8-5-6-16-10-4-2-1-3-9(10)12(8)14-13-11/h1-4,7H,5-6H2,(H,13,15). The molecular formula is C12H10N2OS. The molecule has 0 amide bonds. The molecule has 1 N–H and O–H groups in total. The number of hydrogen-bond donors (Lipinski definition) is 1. The van der Waals surface area contributed by atoms with Crippen LogP contribution in [-0.4, -0.2) is 16.0 Å². The van der Waals surface area contributed by atoms with E-state index in [0.29, 0.717) is 0 Å². The van der Waals surface area contributed by atoms with Gasteiger partial charge in [-0.2, -0.15) is 5.10 Å². The Hall–Kier alpha value is -1.55. The predicted molar refractivity (Wildman–Crippen MR) is 64.7 cm³/mol. The van der Waals surface area contributed by atoms with Gasteiger partial charge in [-0.3, -0.25) is 4.79 Å². The van der Waals surface area contributed by atoms with Crippen molar-refractivity contribution in [1.29, 1.82) is 0 Å². The van der Waals surface area contributed by atoms with E-state index in [1.807, 2.05) is 23.9 Å². The first-order valence-electron chi connectivity index (χ1n) is 5.15. The molecule has 1 aliphatic heterocycles. The number of H-pyrrole nitrogens is 1. The lowest BCUT2D eigenvalue weighted by Gasteiger charge is -2.05.